The lowest BCUT2D eigenvalue weighted by atomic mass is 10.0. The summed E-state index contributed by atoms with van der Waals surface area (Å²) >= 11 is 0. The van der Waals surface area contributed by atoms with Crippen molar-refractivity contribution in [1.29, 1.82) is 0 Å². The van der Waals surface area contributed by atoms with E-state index in [1.807, 2.05) is 26.0 Å². The molecule has 0 spiro atoms. The van der Waals surface area contributed by atoms with Gasteiger partial charge >= 0.3 is 5.97 Å². The number of hydrogen-bond donors (Lipinski definition) is 2. The van der Waals surface area contributed by atoms with Crippen LogP contribution in [-0.4, -0.2) is 35.6 Å². The SMILES string of the molecule is CC(C)CC(NC(=O)CCN1c2ccccc2CC1C)C(=O)O. The van der Waals surface area contributed by atoms with Crippen molar-refractivity contribution in [2.75, 3.05) is 11.4 Å². The molecule has 2 unspecified atom stereocenters. The summed E-state index contributed by atoms with van der Waals surface area (Å²) in [4.78, 5) is 25.6. The van der Waals surface area contributed by atoms with Gasteiger partial charge in [-0.1, -0.05) is 32.0 Å². The van der Waals surface area contributed by atoms with E-state index < -0.39 is 12.0 Å². The summed E-state index contributed by atoms with van der Waals surface area (Å²) < 4.78 is 0. The molecule has 1 aromatic carbocycles. The van der Waals surface area contributed by atoms with Crippen LogP contribution in [0.1, 0.15) is 39.2 Å². The Labute approximate surface area is 137 Å². The molecule has 0 bridgehead atoms. The Kier molecular flexibility index (Phi) is 5.64. The number of carboxylic acids is 1. The third-order valence-corrected chi connectivity index (χ3v) is 4.27. The zero-order valence-electron chi connectivity index (χ0n) is 14.1. The number of rotatable bonds is 7. The maximum atomic E-state index is 12.1. The lowest BCUT2D eigenvalue weighted by molar-refractivity contribution is -0.142. The van der Waals surface area contributed by atoms with Crippen molar-refractivity contribution in [3.63, 3.8) is 0 Å². The van der Waals surface area contributed by atoms with Crippen LogP contribution in [0, 0.1) is 5.92 Å². The van der Waals surface area contributed by atoms with Crippen LogP contribution < -0.4 is 10.2 Å². The number of amides is 1. The standard InChI is InChI=1S/C18H26N2O3/c1-12(2)10-15(18(22)23)19-17(21)8-9-20-13(3)11-14-6-4-5-7-16(14)20/h4-7,12-13,15H,8-11H2,1-3H3,(H,19,21)(H,22,23). The van der Waals surface area contributed by atoms with Gasteiger partial charge in [-0.25, -0.2) is 4.79 Å². The van der Waals surface area contributed by atoms with E-state index in [1.165, 1.54) is 11.3 Å². The molecular formula is C18H26N2O3. The number of para-hydroxylation sites is 1. The van der Waals surface area contributed by atoms with Crippen LogP contribution in [0.4, 0.5) is 5.69 Å². The Hall–Kier alpha value is -2.04. The van der Waals surface area contributed by atoms with Gasteiger partial charge in [-0.3, -0.25) is 4.79 Å². The van der Waals surface area contributed by atoms with E-state index in [1.54, 1.807) is 0 Å². The topological polar surface area (TPSA) is 69.6 Å². The molecule has 0 fully saturated rings. The molecule has 1 heterocycles. The Balaban J connectivity index is 1.90. The molecule has 1 aliphatic rings. The van der Waals surface area contributed by atoms with Gasteiger partial charge in [-0.05, 0) is 37.3 Å². The van der Waals surface area contributed by atoms with Gasteiger partial charge in [-0.2, -0.15) is 0 Å². The lowest BCUT2D eigenvalue weighted by Crippen LogP contribution is -2.43. The van der Waals surface area contributed by atoms with Crippen LogP contribution in [-0.2, 0) is 16.0 Å². The summed E-state index contributed by atoms with van der Waals surface area (Å²) in [6, 6.07) is 7.81. The summed E-state index contributed by atoms with van der Waals surface area (Å²) in [5.41, 5.74) is 2.49. The quantitative estimate of drug-likeness (QED) is 0.810. The molecule has 2 atom stereocenters. The molecule has 0 aliphatic carbocycles. The van der Waals surface area contributed by atoms with Gasteiger partial charge in [0.1, 0.15) is 6.04 Å². The molecule has 2 rings (SSSR count). The molecule has 23 heavy (non-hydrogen) atoms. The first-order chi connectivity index (χ1) is 10.9. The summed E-state index contributed by atoms with van der Waals surface area (Å²) in [5, 5.41) is 11.8. The van der Waals surface area contributed by atoms with Crippen LogP contribution in [0.15, 0.2) is 24.3 Å². The summed E-state index contributed by atoms with van der Waals surface area (Å²) in [6.07, 6.45) is 1.74. The maximum absolute atomic E-state index is 12.1. The van der Waals surface area contributed by atoms with E-state index in [0.29, 0.717) is 25.4 Å². The summed E-state index contributed by atoms with van der Waals surface area (Å²) in [7, 11) is 0. The highest BCUT2D eigenvalue weighted by atomic mass is 16.4. The fraction of sp³-hybridized carbons (Fsp3) is 0.556. The second-order valence-corrected chi connectivity index (χ2v) is 6.71. The molecule has 5 nitrogen and oxygen atoms in total. The number of carbonyl (C=O) groups excluding carboxylic acids is 1. The van der Waals surface area contributed by atoms with Gasteiger partial charge in [0.05, 0.1) is 0 Å². The molecule has 1 aromatic rings. The largest absolute Gasteiger partial charge is 0.480 e. The minimum Gasteiger partial charge on any atom is -0.480 e. The van der Waals surface area contributed by atoms with Gasteiger partial charge in [0, 0.05) is 24.7 Å². The first-order valence-electron chi connectivity index (χ1n) is 8.25. The fourth-order valence-corrected chi connectivity index (χ4v) is 3.15. The van der Waals surface area contributed by atoms with Crippen LogP contribution >= 0.6 is 0 Å². The molecule has 0 saturated carbocycles. The van der Waals surface area contributed by atoms with Gasteiger partial charge < -0.3 is 15.3 Å². The van der Waals surface area contributed by atoms with Crippen molar-refractivity contribution in [3.8, 4) is 0 Å². The monoisotopic (exact) mass is 318 g/mol. The number of fused-ring (bicyclic) bond motifs is 1. The molecule has 126 valence electrons. The highest BCUT2D eigenvalue weighted by molar-refractivity contribution is 5.83. The number of nitrogens with one attached hydrogen (secondary N) is 1. The van der Waals surface area contributed by atoms with Crippen LogP contribution in [0.2, 0.25) is 0 Å². The molecule has 0 aromatic heterocycles. The Morgan fingerprint density at radius 3 is 2.70 bits per heavy atom. The molecular weight excluding hydrogens is 292 g/mol. The van der Waals surface area contributed by atoms with E-state index in [4.69, 9.17) is 0 Å². The molecule has 0 saturated heterocycles. The van der Waals surface area contributed by atoms with E-state index in [0.717, 1.165) is 6.42 Å². The number of carbonyl (C=O) groups is 2. The average molecular weight is 318 g/mol. The average Bonchev–Trinajstić information content (AvgIpc) is 2.79. The van der Waals surface area contributed by atoms with Crippen molar-refractivity contribution < 1.29 is 14.7 Å². The van der Waals surface area contributed by atoms with Gasteiger partial charge in [0.15, 0.2) is 0 Å². The van der Waals surface area contributed by atoms with Crippen LogP contribution in [0.3, 0.4) is 0 Å². The van der Waals surface area contributed by atoms with Crippen LogP contribution in [0.25, 0.3) is 0 Å². The van der Waals surface area contributed by atoms with Crippen molar-refractivity contribution in [2.24, 2.45) is 5.92 Å². The molecule has 1 aliphatic heterocycles. The smallest absolute Gasteiger partial charge is 0.326 e. The predicted molar refractivity (Wildman–Crippen MR) is 90.6 cm³/mol. The minimum absolute atomic E-state index is 0.199. The number of hydrogen-bond acceptors (Lipinski definition) is 3. The second-order valence-electron chi connectivity index (χ2n) is 6.71. The molecule has 5 heteroatoms. The van der Waals surface area contributed by atoms with Crippen molar-refractivity contribution in [1.82, 2.24) is 5.32 Å². The van der Waals surface area contributed by atoms with E-state index in [-0.39, 0.29) is 11.8 Å². The lowest BCUT2D eigenvalue weighted by Gasteiger charge is -2.25. The number of benzene rings is 1. The molecule has 2 N–H and O–H groups in total. The number of carboxylic acid groups (broad SMARTS) is 1. The highest BCUT2D eigenvalue weighted by Crippen LogP contribution is 2.31. The zero-order valence-corrected chi connectivity index (χ0v) is 14.1. The van der Waals surface area contributed by atoms with E-state index in [2.05, 4.69) is 29.3 Å². The fourth-order valence-electron chi connectivity index (χ4n) is 3.15. The van der Waals surface area contributed by atoms with Crippen molar-refractivity contribution in [3.05, 3.63) is 29.8 Å². The van der Waals surface area contributed by atoms with Gasteiger partial charge in [-0.15, -0.1) is 0 Å². The molecule has 0 radical (unpaired) electrons. The first-order valence-corrected chi connectivity index (χ1v) is 8.25. The van der Waals surface area contributed by atoms with Crippen molar-refractivity contribution in [2.45, 2.75) is 52.1 Å². The maximum Gasteiger partial charge on any atom is 0.326 e. The molecule has 1 amide bonds. The number of aliphatic carboxylic acids is 1. The second kappa shape index (κ2) is 7.49. The Bertz CT molecular complexity index is 571. The summed E-state index contributed by atoms with van der Waals surface area (Å²) in [6.45, 7) is 6.66. The zero-order chi connectivity index (χ0) is 17.0. The van der Waals surface area contributed by atoms with Gasteiger partial charge in [0.25, 0.3) is 0 Å². The predicted octanol–water partition coefficient (Wildman–Crippen LogP) is 2.44. The van der Waals surface area contributed by atoms with Crippen LogP contribution in [0.5, 0.6) is 0 Å². The third kappa shape index (κ3) is 4.47. The minimum atomic E-state index is -0.966. The third-order valence-electron chi connectivity index (χ3n) is 4.27. The number of anilines is 1. The number of nitrogens with zero attached hydrogens (tertiary/aromatic N) is 1. The highest BCUT2D eigenvalue weighted by Gasteiger charge is 2.26. The Morgan fingerprint density at radius 2 is 2.04 bits per heavy atom. The van der Waals surface area contributed by atoms with Gasteiger partial charge in [0.2, 0.25) is 5.91 Å². The normalized spacial score (nSPS) is 17.9. The van der Waals surface area contributed by atoms with Crippen molar-refractivity contribution >= 4 is 17.6 Å². The first kappa shape index (κ1) is 17.3. The Morgan fingerprint density at radius 1 is 1.35 bits per heavy atom. The summed E-state index contributed by atoms with van der Waals surface area (Å²) in [5.74, 6) is -0.941. The van der Waals surface area contributed by atoms with E-state index >= 15 is 0 Å². The van der Waals surface area contributed by atoms with E-state index in [9.17, 15) is 14.7 Å².